The summed E-state index contributed by atoms with van der Waals surface area (Å²) in [7, 11) is 0. The third kappa shape index (κ3) is 5.47. The fourth-order valence-electron chi connectivity index (χ4n) is 3.38. The lowest BCUT2D eigenvalue weighted by molar-refractivity contribution is 0.0635. The summed E-state index contributed by atoms with van der Waals surface area (Å²) in [6, 6.07) is 14.9. The average molecular weight is 392 g/mol. The largest absolute Gasteiger partial charge is 0.444 e. The van der Waals surface area contributed by atoms with Gasteiger partial charge in [-0.25, -0.2) is 4.79 Å². The Morgan fingerprint density at radius 3 is 2.45 bits per heavy atom. The van der Waals surface area contributed by atoms with Gasteiger partial charge in [0.05, 0.1) is 0 Å². The predicted molar refractivity (Wildman–Crippen MR) is 116 cm³/mol. The molecular weight excluding hydrogens is 364 g/mol. The molecule has 1 amide bonds. The van der Waals surface area contributed by atoms with Crippen molar-refractivity contribution in [2.24, 2.45) is 0 Å². The van der Waals surface area contributed by atoms with E-state index >= 15 is 0 Å². The van der Waals surface area contributed by atoms with Crippen LogP contribution < -0.4 is 10.6 Å². The number of amides is 1. The van der Waals surface area contributed by atoms with E-state index in [9.17, 15) is 9.59 Å². The van der Waals surface area contributed by atoms with Crippen molar-refractivity contribution < 1.29 is 14.3 Å². The quantitative estimate of drug-likeness (QED) is 0.558. The number of carbonyl (C=O) groups is 2. The van der Waals surface area contributed by atoms with Gasteiger partial charge in [0.2, 0.25) is 0 Å². The van der Waals surface area contributed by atoms with Gasteiger partial charge in [0.25, 0.3) is 0 Å². The number of hydrogen-bond donors (Lipinski definition) is 2. The zero-order valence-corrected chi connectivity index (χ0v) is 17.6. The summed E-state index contributed by atoms with van der Waals surface area (Å²) in [5.74, 6) is -0.0484. The number of carbonyl (C=O) groups excluding carboxylic acids is 2. The first-order valence-electron chi connectivity index (χ1n) is 9.75. The van der Waals surface area contributed by atoms with Gasteiger partial charge in [-0.15, -0.1) is 0 Å². The normalized spacial score (nSPS) is 16.5. The van der Waals surface area contributed by atoms with Gasteiger partial charge in [-0.3, -0.25) is 10.1 Å². The summed E-state index contributed by atoms with van der Waals surface area (Å²) < 4.78 is 5.33. The molecule has 5 heteroatoms. The molecule has 0 saturated heterocycles. The van der Waals surface area contributed by atoms with Gasteiger partial charge in [0.1, 0.15) is 5.60 Å². The molecule has 0 fully saturated rings. The van der Waals surface area contributed by atoms with Gasteiger partial charge in [-0.1, -0.05) is 36.4 Å². The number of ketones is 1. The number of benzene rings is 2. The molecule has 1 aliphatic rings. The Labute approximate surface area is 172 Å². The summed E-state index contributed by atoms with van der Waals surface area (Å²) in [5.41, 5.74) is 3.35. The van der Waals surface area contributed by atoms with Crippen LogP contribution in [0.15, 0.2) is 54.6 Å². The number of anilines is 1. The van der Waals surface area contributed by atoms with E-state index < -0.39 is 11.7 Å². The van der Waals surface area contributed by atoms with E-state index in [1.807, 2.05) is 69.3 Å². The Hall–Kier alpha value is -3.08. The van der Waals surface area contributed by atoms with Gasteiger partial charge in [-0.2, -0.15) is 0 Å². The third-order valence-corrected chi connectivity index (χ3v) is 4.48. The van der Waals surface area contributed by atoms with Crippen LogP contribution in [0.1, 0.15) is 56.1 Å². The molecule has 2 aromatic rings. The number of fused-ring (bicyclic) bond motifs is 1. The molecule has 1 heterocycles. The van der Waals surface area contributed by atoms with Crippen molar-refractivity contribution in [3.63, 3.8) is 0 Å². The Morgan fingerprint density at radius 2 is 1.79 bits per heavy atom. The van der Waals surface area contributed by atoms with Gasteiger partial charge >= 0.3 is 6.09 Å². The SMILES string of the molecule is CC1(C)Cc2cc(NC(=O)OC(C)(C)C)ccc2C(=CC(=O)c2ccccc2)N1. The fraction of sp³-hybridized carbons (Fsp3) is 0.333. The standard InChI is InChI=1S/C24H28N2O3/c1-23(2,3)29-22(28)25-18-11-12-19-17(13-18)15-24(4,5)26-20(19)14-21(27)16-9-7-6-8-10-16/h6-14,26H,15H2,1-5H3,(H,25,28). The van der Waals surface area contributed by atoms with Gasteiger partial charge < -0.3 is 10.1 Å². The molecule has 0 radical (unpaired) electrons. The van der Waals surface area contributed by atoms with Crippen molar-refractivity contribution >= 4 is 23.3 Å². The molecular formula is C24H28N2O3. The minimum atomic E-state index is -0.558. The first kappa shape index (κ1) is 20.6. The van der Waals surface area contributed by atoms with Gasteiger partial charge in [-0.05, 0) is 58.7 Å². The minimum Gasteiger partial charge on any atom is -0.444 e. The van der Waals surface area contributed by atoms with Crippen LogP contribution in [0.5, 0.6) is 0 Å². The molecule has 1 aliphatic heterocycles. The van der Waals surface area contributed by atoms with E-state index in [0.29, 0.717) is 11.3 Å². The summed E-state index contributed by atoms with van der Waals surface area (Å²) in [6.07, 6.45) is 1.93. The van der Waals surface area contributed by atoms with Crippen molar-refractivity contribution in [2.75, 3.05) is 5.32 Å². The van der Waals surface area contributed by atoms with Crippen LogP contribution in [0, 0.1) is 0 Å². The van der Waals surface area contributed by atoms with Crippen LogP contribution in [0.3, 0.4) is 0 Å². The lowest BCUT2D eigenvalue weighted by Crippen LogP contribution is -2.43. The lowest BCUT2D eigenvalue weighted by atomic mass is 9.85. The van der Waals surface area contributed by atoms with Crippen LogP contribution in [-0.2, 0) is 11.2 Å². The molecule has 3 rings (SSSR count). The van der Waals surface area contributed by atoms with Crippen molar-refractivity contribution in [3.05, 3.63) is 71.3 Å². The van der Waals surface area contributed by atoms with Crippen molar-refractivity contribution in [3.8, 4) is 0 Å². The second-order valence-electron chi connectivity index (χ2n) is 8.97. The van der Waals surface area contributed by atoms with Crippen LogP contribution in [0.4, 0.5) is 10.5 Å². The highest BCUT2D eigenvalue weighted by atomic mass is 16.6. The highest BCUT2D eigenvalue weighted by Gasteiger charge is 2.28. The number of nitrogens with one attached hydrogen (secondary N) is 2. The fourth-order valence-corrected chi connectivity index (χ4v) is 3.38. The van der Waals surface area contributed by atoms with Gasteiger partial charge in [0.15, 0.2) is 5.78 Å². The van der Waals surface area contributed by atoms with E-state index in [0.717, 1.165) is 23.2 Å². The summed E-state index contributed by atoms with van der Waals surface area (Å²) >= 11 is 0. The maximum absolute atomic E-state index is 12.7. The Kier molecular flexibility index (Phi) is 5.51. The van der Waals surface area contributed by atoms with E-state index in [4.69, 9.17) is 4.74 Å². The first-order valence-corrected chi connectivity index (χ1v) is 9.75. The summed E-state index contributed by atoms with van der Waals surface area (Å²) in [6.45, 7) is 9.66. The molecule has 152 valence electrons. The maximum atomic E-state index is 12.7. The Balaban J connectivity index is 1.89. The maximum Gasteiger partial charge on any atom is 0.412 e. The number of hydrogen-bond acceptors (Lipinski definition) is 4. The van der Waals surface area contributed by atoms with E-state index in [1.165, 1.54) is 0 Å². The molecule has 0 saturated carbocycles. The van der Waals surface area contributed by atoms with E-state index in [1.54, 1.807) is 6.08 Å². The topological polar surface area (TPSA) is 67.4 Å². The van der Waals surface area contributed by atoms with Crippen molar-refractivity contribution in [2.45, 2.75) is 52.2 Å². The highest BCUT2D eigenvalue weighted by molar-refractivity contribution is 6.08. The monoisotopic (exact) mass is 392 g/mol. The summed E-state index contributed by atoms with van der Waals surface area (Å²) in [5, 5.41) is 6.26. The van der Waals surface area contributed by atoms with Crippen LogP contribution in [0.25, 0.3) is 5.70 Å². The summed E-state index contributed by atoms with van der Waals surface area (Å²) in [4.78, 5) is 24.8. The highest BCUT2D eigenvalue weighted by Crippen LogP contribution is 2.32. The molecule has 2 aromatic carbocycles. The zero-order valence-electron chi connectivity index (χ0n) is 17.6. The van der Waals surface area contributed by atoms with Crippen LogP contribution >= 0.6 is 0 Å². The molecule has 0 unspecified atom stereocenters. The second-order valence-corrected chi connectivity index (χ2v) is 8.97. The molecule has 0 aliphatic carbocycles. The molecule has 0 bridgehead atoms. The molecule has 0 spiro atoms. The minimum absolute atomic E-state index is 0.0484. The van der Waals surface area contributed by atoms with Gasteiger partial charge in [0, 0.05) is 34.1 Å². The number of allylic oxidation sites excluding steroid dienone is 1. The van der Waals surface area contributed by atoms with E-state index in [2.05, 4.69) is 24.5 Å². The number of ether oxygens (including phenoxy) is 1. The second kappa shape index (κ2) is 7.74. The van der Waals surface area contributed by atoms with Crippen molar-refractivity contribution in [1.29, 1.82) is 0 Å². The molecule has 0 aromatic heterocycles. The average Bonchev–Trinajstić information content (AvgIpc) is 2.59. The lowest BCUT2D eigenvalue weighted by Gasteiger charge is -2.36. The number of rotatable bonds is 3. The first-order chi connectivity index (χ1) is 13.5. The molecule has 0 atom stereocenters. The van der Waals surface area contributed by atoms with E-state index in [-0.39, 0.29) is 11.3 Å². The van der Waals surface area contributed by atoms with Crippen molar-refractivity contribution in [1.82, 2.24) is 5.32 Å². The van der Waals surface area contributed by atoms with Crippen LogP contribution in [-0.4, -0.2) is 23.0 Å². The third-order valence-electron chi connectivity index (χ3n) is 4.48. The van der Waals surface area contributed by atoms with Crippen LogP contribution in [0.2, 0.25) is 0 Å². The zero-order chi connectivity index (χ0) is 21.2. The Bertz CT molecular complexity index is 954. The molecule has 5 nitrogen and oxygen atoms in total. The smallest absolute Gasteiger partial charge is 0.412 e. The predicted octanol–water partition coefficient (Wildman–Crippen LogP) is 5.18. The Morgan fingerprint density at radius 1 is 1.10 bits per heavy atom. The molecule has 2 N–H and O–H groups in total. The molecule has 29 heavy (non-hydrogen) atoms.